The van der Waals surface area contributed by atoms with E-state index in [1.54, 1.807) is 6.07 Å². The molecule has 0 saturated heterocycles. The fourth-order valence-electron chi connectivity index (χ4n) is 7.48. The number of hydrogen-bond acceptors (Lipinski definition) is 2. The normalized spacial score (nSPS) is 28.9. The van der Waals surface area contributed by atoms with E-state index in [4.69, 9.17) is 0 Å². The minimum absolute atomic E-state index is 0.151. The molecule has 0 aliphatic heterocycles. The van der Waals surface area contributed by atoms with E-state index in [2.05, 4.69) is 18.2 Å². The van der Waals surface area contributed by atoms with Gasteiger partial charge in [-0.15, -0.1) is 0 Å². The Morgan fingerprint density at radius 3 is 2.13 bits per heavy atom. The lowest BCUT2D eigenvalue weighted by molar-refractivity contribution is -0.00611. The third-order valence-corrected chi connectivity index (χ3v) is 8.46. The van der Waals surface area contributed by atoms with Crippen LogP contribution in [0.15, 0.2) is 48.5 Å². The molecule has 4 bridgehead atoms. The summed E-state index contributed by atoms with van der Waals surface area (Å²) in [7, 11) is 0. The average molecular weight is 413 g/mol. The minimum atomic E-state index is -0.887. The van der Waals surface area contributed by atoms with Crippen molar-refractivity contribution < 1.29 is 15.0 Å². The van der Waals surface area contributed by atoms with Crippen LogP contribution < -0.4 is 0 Å². The van der Waals surface area contributed by atoms with Crippen molar-refractivity contribution in [3.8, 4) is 16.9 Å². The number of phenolic OH excluding ortho intramolecular Hbond substituents is 1. The van der Waals surface area contributed by atoms with E-state index in [0.29, 0.717) is 11.3 Å². The Hall–Kier alpha value is -2.81. The summed E-state index contributed by atoms with van der Waals surface area (Å²) in [5, 5.41) is 22.3. The first-order valence-corrected chi connectivity index (χ1v) is 11.5. The van der Waals surface area contributed by atoms with Gasteiger partial charge in [0.05, 0.1) is 5.56 Å². The average Bonchev–Trinajstić information content (AvgIpc) is 2.73. The number of hydrogen-bond donors (Lipinski definition) is 2. The highest BCUT2D eigenvalue weighted by atomic mass is 16.4. The SMILES string of the molecule is Cc1c(C(=O)O)ccc2cc(-c3ccc(O)c(C45CC6CC(CC(C6)C4)C5)c3)ccc12. The highest BCUT2D eigenvalue weighted by molar-refractivity contribution is 5.99. The number of aromatic hydroxyl groups is 1. The first-order chi connectivity index (χ1) is 14.9. The molecule has 3 aromatic carbocycles. The van der Waals surface area contributed by atoms with E-state index < -0.39 is 5.97 Å². The van der Waals surface area contributed by atoms with E-state index in [1.165, 1.54) is 38.5 Å². The Balaban J connectivity index is 1.43. The van der Waals surface area contributed by atoms with Gasteiger partial charge in [-0.05, 0) is 120 Å². The molecule has 4 aliphatic rings. The summed E-state index contributed by atoms with van der Waals surface area (Å²) >= 11 is 0. The number of carbonyl (C=O) groups is 1. The van der Waals surface area contributed by atoms with Crippen LogP contribution in [0.4, 0.5) is 0 Å². The van der Waals surface area contributed by atoms with Crippen molar-refractivity contribution in [3.63, 3.8) is 0 Å². The number of carboxylic acids is 1. The molecule has 0 spiro atoms. The molecule has 3 aromatic rings. The van der Waals surface area contributed by atoms with Gasteiger partial charge in [-0.3, -0.25) is 0 Å². The van der Waals surface area contributed by atoms with Gasteiger partial charge < -0.3 is 10.2 Å². The molecule has 158 valence electrons. The first kappa shape index (κ1) is 18.9. The number of aromatic carboxylic acids is 1. The highest BCUT2D eigenvalue weighted by Gasteiger charge is 2.52. The van der Waals surface area contributed by atoms with Crippen molar-refractivity contribution >= 4 is 16.7 Å². The lowest BCUT2D eigenvalue weighted by atomic mass is 9.48. The zero-order chi connectivity index (χ0) is 21.3. The van der Waals surface area contributed by atoms with E-state index in [0.717, 1.165) is 50.8 Å². The minimum Gasteiger partial charge on any atom is -0.508 e. The molecule has 0 unspecified atom stereocenters. The van der Waals surface area contributed by atoms with E-state index in [1.807, 2.05) is 31.2 Å². The molecule has 31 heavy (non-hydrogen) atoms. The predicted octanol–water partition coefficient (Wildman–Crippen LogP) is 6.69. The van der Waals surface area contributed by atoms with Crippen molar-refractivity contribution in [3.05, 3.63) is 65.2 Å². The molecular weight excluding hydrogens is 384 g/mol. The van der Waals surface area contributed by atoms with Crippen molar-refractivity contribution in [2.45, 2.75) is 50.9 Å². The van der Waals surface area contributed by atoms with Crippen molar-refractivity contribution in [1.82, 2.24) is 0 Å². The van der Waals surface area contributed by atoms with Gasteiger partial charge in [-0.25, -0.2) is 4.79 Å². The molecule has 0 aromatic heterocycles. The maximum Gasteiger partial charge on any atom is 0.335 e. The molecule has 0 radical (unpaired) electrons. The number of rotatable bonds is 3. The summed E-state index contributed by atoms with van der Waals surface area (Å²) in [4.78, 5) is 11.5. The van der Waals surface area contributed by atoms with Crippen molar-refractivity contribution in [1.29, 1.82) is 0 Å². The van der Waals surface area contributed by atoms with Crippen LogP contribution in [0, 0.1) is 24.7 Å². The molecule has 4 saturated carbocycles. The van der Waals surface area contributed by atoms with Crippen LogP contribution in [-0.4, -0.2) is 16.2 Å². The Kier molecular flexibility index (Phi) is 4.02. The molecule has 3 nitrogen and oxygen atoms in total. The van der Waals surface area contributed by atoms with E-state index >= 15 is 0 Å². The summed E-state index contributed by atoms with van der Waals surface area (Å²) in [6.45, 7) is 1.87. The molecule has 4 fully saturated rings. The maximum absolute atomic E-state index is 11.5. The Morgan fingerprint density at radius 2 is 1.48 bits per heavy atom. The standard InChI is InChI=1S/C28H28O3/c1-16-23-5-2-20(11-22(23)3-6-24(16)27(30)31)21-4-7-26(29)25(12-21)28-13-17-8-18(14-28)10-19(9-17)15-28/h2-7,11-12,17-19,29H,8-10,13-15H2,1H3,(H,30,31). The second-order valence-corrected chi connectivity index (χ2v) is 10.4. The molecule has 0 atom stereocenters. The molecule has 7 rings (SSSR count). The molecule has 0 amide bonds. The van der Waals surface area contributed by atoms with Crippen LogP contribution in [0.1, 0.15) is 60.0 Å². The van der Waals surface area contributed by atoms with Gasteiger partial charge in [0.25, 0.3) is 0 Å². The lowest BCUT2D eigenvalue weighted by Gasteiger charge is -2.57. The Morgan fingerprint density at radius 1 is 0.871 bits per heavy atom. The van der Waals surface area contributed by atoms with Crippen LogP contribution in [0.2, 0.25) is 0 Å². The van der Waals surface area contributed by atoms with Crippen LogP contribution in [0.3, 0.4) is 0 Å². The van der Waals surface area contributed by atoms with Gasteiger partial charge in [0, 0.05) is 5.56 Å². The van der Waals surface area contributed by atoms with Crippen LogP contribution in [0.5, 0.6) is 5.75 Å². The number of carboxylic acid groups (broad SMARTS) is 1. The van der Waals surface area contributed by atoms with Gasteiger partial charge in [-0.2, -0.15) is 0 Å². The number of aryl methyl sites for hydroxylation is 1. The topological polar surface area (TPSA) is 57.5 Å². The van der Waals surface area contributed by atoms with E-state index in [9.17, 15) is 15.0 Å². The number of fused-ring (bicyclic) bond motifs is 1. The van der Waals surface area contributed by atoms with Crippen LogP contribution in [-0.2, 0) is 5.41 Å². The van der Waals surface area contributed by atoms with Gasteiger partial charge in [-0.1, -0.05) is 24.3 Å². The fraction of sp³-hybridized carbons (Fsp3) is 0.393. The zero-order valence-corrected chi connectivity index (χ0v) is 17.9. The van der Waals surface area contributed by atoms with Gasteiger partial charge in [0.2, 0.25) is 0 Å². The second kappa shape index (κ2) is 6.59. The summed E-state index contributed by atoms with van der Waals surface area (Å²) in [5.41, 5.74) is 4.71. The first-order valence-electron chi connectivity index (χ1n) is 11.5. The molecule has 2 N–H and O–H groups in total. The summed E-state index contributed by atoms with van der Waals surface area (Å²) < 4.78 is 0. The smallest absolute Gasteiger partial charge is 0.335 e. The molecular formula is C28H28O3. The lowest BCUT2D eigenvalue weighted by Crippen LogP contribution is -2.48. The quantitative estimate of drug-likeness (QED) is 0.504. The summed E-state index contributed by atoms with van der Waals surface area (Å²) in [5.74, 6) is 2.07. The number of phenols is 1. The third kappa shape index (κ3) is 2.90. The zero-order valence-electron chi connectivity index (χ0n) is 17.9. The predicted molar refractivity (Wildman–Crippen MR) is 123 cm³/mol. The fourth-order valence-corrected chi connectivity index (χ4v) is 7.48. The monoisotopic (exact) mass is 412 g/mol. The van der Waals surface area contributed by atoms with Gasteiger partial charge in [0.1, 0.15) is 5.75 Å². The number of benzene rings is 3. The summed E-state index contributed by atoms with van der Waals surface area (Å²) in [6.07, 6.45) is 7.85. The van der Waals surface area contributed by atoms with E-state index in [-0.39, 0.29) is 5.41 Å². The maximum atomic E-state index is 11.5. The van der Waals surface area contributed by atoms with Crippen LogP contribution in [0.25, 0.3) is 21.9 Å². The van der Waals surface area contributed by atoms with Crippen LogP contribution >= 0.6 is 0 Å². The van der Waals surface area contributed by atoms with Crippen molar-refractivity contribution in [2.24, 2.45) is 17.8 Å². The Labute approximate surface area is 182 Å². The molecule has 4 aliphatic carbocycles. The summed E-state index contributed by atoms with van der Waals surface area (Å²) in [6, 6.07) is 16.0. The molecule has 3 heteroatoms. The largest absolute Gasteiger partial charge is 0.508 e. The van der Waals surface area contributed by atoms with Crippen molar-refractivity contribution in [2.75, 3.05) is 0 Å². The highest BCUT2D eigenvalue weighted by Crippen LogP contribution is 2.62. The molecule has 0 heterocycles. The van der Waals surface area contributed by atoms with Gasteiger partial charge >= 0.3 is 5.97 Å². The second-order valence-electron chi connectivity index (χ2n) is 10.4. The van der Waals surface area contributed by atoms with Gasteiger partial charge in [0.15, 0.2) is 0 Å². The Bertz CT molecular complexity index is 1190. The third-order valence-electron chi connectivity index (χ3n) is 8.46.